The van der Waals surface area contributed by atoms with Gasteiger partial charge in [-0.2, -0.15) is 31.3 Å². The minimum atomic E-state index is -5.00. The summed E-state index contributed by atoms with van der Waals surface area (Å²) in [5.41, 5.74) is -2.59. The van der Waals surface area contributed by atoms with Gasteiger partial charge in [-0.3, -0.25) is 4.79 Å². The number of halogens is 6. The number of amides is 1. The van der Waals surface area contributed by atoms with Gasteiger partial charge in [-0.25, -0.2) is 4.98 Å². The van der Waals surface area contributed by atoms with Crippen molar-refractivity contribution in [3.8, 4) is 11.6 Å². The van der Waals surface area contributed by atoms with Crippen LogP contribution in [0.4, 0.5) is 32.3 Å². The number of piperazine rings is 1. The molecule has 1 aliphatic heterocycles. The van der Waals surface area contributed by atoms with Crippen LogP contribution >= 0.6 is 0 Å². The molecule has 1 saturated heterocycles. The summed E-state index contributed by atoms with van der Waals surface area (Å²) in [6.07, 6.45) is -8.74. The predicted molar refractivity (Wildman–Crippen MR) is 131 cm³/mol. The molecule has 39 heavy (non-hydrogen) atoms. The molecule has 2 aromatic carbocycles. The van der Waals surface area contributed by atoms with Crippen LogP contribution < -0.4 is 15.0 Å². The lowest BCUT2D eigenvalue weighted by Crippen LogP contribution is -2.44. The van der Waals surface area contributed by atoms with Gasteiger partial charge in [0.15, 0.2) is 0 Å². The molecule has 1 aromatic heterocycles. The molecule has 0 atom stereocenters. The quantitative estimate of drug-likeness (QED) is 0.418. The average Bonchev–Trinajstić information content (AvgIpc) is 2.89. The highest BCUT2D eigenvalue weighted by molar-refractivity contribution is 5.96. The number of aromatic nitrogens is 2. The lowest BCUT2D eigenvalue weighted by molar-refractivity contribution is -0.143. The summed E-state index contributed by atoms with van der Waals surface area (Å²) >= 11 is 0. The zero-order chi connectivity index (χ0) is 28.4. The van der Waals surface area contributed by atoms with E-state index < -0.39 is 35.9 Å². The van der Waals surface area contributed by atoms with Crippen LogP contribution in [-0.4, -0.2) is 54.0 Å². The number of benzene rings is 2. The third-order valence-electron chi connectivity index (χ3n) is 6.09. The summed E-state index contributed by atoms with van der Waals surface area (Å²) in [6, 6.07) is 8.25. The Morgan fingerprint density at radius 2 is 1.64 bits per heavy atom. The minimum Gasteiger partial charge on any atom is -0.438 e. The van der Waals surface area contributed by atoms with E-state index in [1.165, 1.54) is 13.2 Å². The monoisotopic (exact) mass is 553 g/mol. The number of nitrogens with zero attached hydrogens (tertiary/aromatic N) is 4. The average molecular weight is 554 g/mol. The highest BCUT2D eigenvalue weighted by atomic mass is 19.4. The topological polar surface area (TPSA) is 70.6 Å². The van der Waals surface area contributed by atoms with E-state index in [9.17, 15) is 31.1 Å². The second-order valence-electron chi connectivity index (χ2n) is 9.07. The van der Waals surface area contributed by atoms with Gasteiger partial charge in [0.2, 0.25) is 11.8 Å². The Balaban J connectivity index is 1.67. The first kappa shape index (κ1) is 28.1. The molecule has 208 valence electrons. The number of hydrogen-bond donors (Lipinski definition) is 1. The maximum Gasteiger partial charge on any atom is 0.416 e. The molecule has 0 saturated carbocycles. The standard InChI is InChI=1S/C26H25F6N5O2/c1-16-5-3-4-6-21(16)39-22-20(14-34-24(35-22)37-9-7-33-8-10-37)23(38)36(2)15-17-11-18(25(27,28)29)13-19(12-17)26(30,31)32/h3-6,11-14,33H,7-10,15H2,1-2H3. The van der Waals surface area contributed by atoms with E-state index in [2.05, 4.69) is 15.3 Å². The van der Waals surface area contributed by atoms with Gasteiger partial charge in [0, 0.05) is 46.0 Å². The normalized spacial score (nSPS) is 14.3. The number of hydrogen-bond acceptors (Lipinski definition) is 6. The van der Waals surface area contributed by atoms with Crippen molar-refractivity contribution in [1.29, 1.82) is 0 Å². The van der Waals surface area contributed by atoms with Crippen molar-refractivity contribution in [3.05, 3.63) is 76.5 Å². The lowest BCUT2D eigenvalue weighted by atomic mass is 10.0. The van der Waals surface area contributed by atoms with E-state index >= 15 is 0 Å². The van der Waals surface area contributed by atoms with Crippen LogP contribution in [-0.2, 0) is 18.9 Å². The Morgan fingerprint density at radius 3 is 2.23 bits per heavy atom. The summed E-state index contributed by atoms with van der Waals surface area (Å²) in [5.74, 6) is -0.0695. The van der Waals surface area contributed by atoms with Gasteiger partial charge >= 0.3 is 12.4 Å². The number of carbonyl (C=O) groups is 1. The van der Waals surface area contributed by atoms with E-state index in [1.807, 2.05) is 4.90 Å². The van der Waals surface area contributed by atoms with Crippen molar-refractivity contribution >= 4 is 11.9 Å². The number of nitrogens with one attached hydrogen (secondary N) is 1. The van der Waals surface area contributed by atoms with Crippen LogP contribution in [0.3, 0.4) is 0 Å². The third kappa shape index (κ3) is 6.77. The van der Waals surface area contributed by atoms with Gasteiger partial charge in [-0.05, 0) is 42.3 Å². The highest BCUT2D eigenvalue weighted by Gasteiger charge is 2.37. The molecule has 0 unspecified atom stereocenters. The number of ether oxygens (including phenoxy) is 1. The largest absolute Gasteiger partial charge is 0.438 e. The molecule has 13 heteroatoms. The Kier molecular flexibility index (Phi) is 8.00. The van der Waals surface area contributed by atoms with Crippen LogP contribution in [0.5, 0.6) is 11.6 Å². The highest BCUT2D eigenvalue weighted by Crippen LogP contribution is 2.37. The molecule has 1 aliphatic rings. The molecular formula is C26H25F6N5O2. The van der Waals surface area contributed by atoms with E-state index in [4.69, 9.17) is 4.74 Å². The van der Waals surface area contributed by atoms with Crippen LogP contribution in [0.25, 0.3) is 0 Å². The van der Waals surface area contributed by atoms with Crippen LogP contribution in [0.15, 0.2) is 48.7 Å². The van der Waals surface area contributed by atoms with Crippen molar-refractivity contribution in [1.82, 2.24) is 20.2 Å². The fourth-order valence-electron chi connectivity index (χ4n) is 4.04. The number of rotatable bonds is 6. The smallest absolute Gasteiger partial charge is 0.416 e. The zero-order valence-electron chi connectivity index (χ0n) is 21.0. The van der Waals surface area contributed by atoms with Crippen LogP contribution in [0.1, 0.15) is 32.6 Å². The number of anilines is 1. The fraction of sp³-hybridized carbons (Fsp3) is 0.346. The Labute approximate surface area is 220 Å². The third-order valence-corrected chi connectivity index (χ3v) is 6.09. The maximum absolute atomic E-state index is 13.4. The molecule has 1 N–H and O–H groups in total. The Bertz CT molecular complexity index is 1310. The number of alkyl halides is 6. The van der Waals surface area contributed by atoms with Crippen LogP contribution in [0.2, 0.25) is 0 Å². The predicted octanol–water partition coefficient (Wildman–Crippen LogP) is 5.30. The maximum atomic E-state index is 13.4. The van der Waals surface area contributed by atoms with Crippen molar-refractivity contribution in [2.75, 3.05) is 38.1 Å². The SMILES string of the molecule is Cc1ccccc1Oc1nc(N2CCNCC2)ncc1C(=O)N(C)Cc1cc(C(F)(F)F)cc(C(F)(F)F)c1. The summed E-state index contributed by atoms with van der Waals surface area (Å²) in [4.78, 5) is 25.0. The Morgan fingerprint density at radius 1 is 1.03 bits per heavy atom. The number of para-hydroxylation sites is 1. The summed E-state index contributed by atoms with van der Waals surface area (Å²) in [6.45, 7) is 3.92. The van der Waals surface area contributed by atoms with Gasteiger partial charge < -0.3 is 19.9 Å². The number of aryl methyl sites for hydroxylation is 1. The summed E-state index contributed by atoms with van der Waals surface area (Å²) in [7, 11) is 1.26. The van der Waals surface area contributed by atoms with Gasteiger partial charge in [0.25, 0.3) is 5.91 Å². The van der Waals surface area contributed by atoms with Gasteiger partial charge in [-0.1, -0.05) is 18.2 Å². The second kappa shape index (κ2) is 11.1. The molecule has 4 rings (SSSR count). The van der Waals surface area contributed by atoms with Crippen molar-refractivity contribution in [3.63, 3.8) is 0 Å². The fourth-order valence-corrected chi connectivity index (χ4v) is 4.04. The molecule has 0 aliphatic carbocycles. The van der Waals surface area contributed by atoms with Crippen LogP contribution in [0, 0.1) is 6.92 Å². The zero-order valence-corrected chi connectivity index (χ0v) is 21.0. The van der Waals surface area contributed by atoms with Gasteiger partial charge in [0.05, 0.1) is 11.1 Å². The van der Waals surface area contributed by atoms with E-state index in [0.29, 0.717) is 50.0 Å². The van der Waals surface area contributed by atoms with E-state index in [0.717, 1.165) is 10.5 Å². The van der Waals surface area contributed by atoms with Gasteiger partial charge in [-0.15, -0.1) is 0 Å². The molecule has 0 bridgehead atoms. The summed E-state index contributed by atoms with van der Waals surface area (Å²) in [5, 5.41) is 3.21. The molecule has 1 amide bonds. The van der Waals surface area contributed by atoms with Crippen molar-refractivity contribution in [2.24, 2.45) is 0 Å². The molecular weight excluding hydrogens is 528 g/mol. The first-order valence-corrected chi connectivity index (χ1v) is 11.9. The molecule has 1 fully saturated rings. The Hall–Kier alpha value is -3.87. The molecule has 3 aromatic rings. The lowest BCUT2D eigenvalue weighted by Gasteiger charge is -2.28. The molecule has 2 heterocycles. The molecule has 7 nitrogen and oxygen atoms in total. The van der Waals surface area contributed by atoms with Crippen molar-refractivity contribution in [2.45, 2.75) is 25.8 Å². The van der Waals surface area contributed by atoms with E-state index in [-0.39, 0.29) is 23.1 Å². The van der Waals surface area contributed by atoms with Crippen molar-refractivity contribution < 1.29 is 35.9 Å². The second-order valence-corrected chi connectivity index (χ2v) is 9.07. The minimum absolute atomic E-state index is 0.0438. The first-order valence-electron chi connectivity index (χ1n) is 11.9. The van der Waals surface area contributed by atoms with Gasteiger partial charge in [0.1, 0.15) is 11.3 Å². The summed E-state index contributed by atoms with van der Waals surface area (Å²) < 4.78 is 85.7. The molecule has 0 spiro atoms. The first-order chi connectivity index (χ1) is 18.3. The van der Waals surface area contributed by atoms with E-state index in [1.54, 1.807) is 31.2 Å². The molecule has 0 radical (unpaired) electrons. The number of carbonyl (C=O) groups excluding carboxylic acids is 1.